The molecule has 0 aliphatic carbocycles. The van der Waals surface area contributed by atoms with E-state index in [1.807, 2.05) is 4.90 Å². The van der Waals surface area contributed by atoms with E-state index < -0.39 is 23.1 Å². The number of nitrogens with two attached hydrogens (primary N) is 1. The number of hydrogen-bond donors (Lipinski definition) is 2. The monoisotopic (exact) mass is 399 g/mol. The smallest absolute Gasteiger partial charge is 0.281 e. The summed E-state index contributed by atoms with van der Waals surface area (Å²) in [5.41, 5.74) is 8.98. The van der Waals surface area contributed by atoms with E-state index in [1.165, 1.54) is 0 Å². The summed E-state index contributed by atoms with van der Waals surface area (Å²) >= 11 is 0. The van der Waals surface area contributed by atoms with E-state index in [-0.39, 0.29) is 12.0 Å². The molecule has 29 heavy (non-hydrogen) atoms. The number of carbonyl (C=O) groups is 1. The number of hydrogen-bond acceptors (Lipinski definition) is 5. The SMILES string of the molecule is Nc1ccc2c(=O)n(NC(=O)Cc3cc(F)cc(F)c3)c(N3CCCC3)nc2c1. The number of benzene rings is 2. The predicted molar refractivity (Wildman–Crippen MR) is 106 cm³/mol. The number of nitrogens with zero attached hydrogens (tertiary/aromatic N) is 3. The summed E-state index contributed by atoms with van der Waals surface area (Å²) in [6.07, 6.45) is 1.60. The molecular formula is C20H19F2N5O2. The molecule has 1 aliphatic rings. The second kappa shape index (κ2) is 7.50. The third-order valence-electron chi connectivity index (χ3n) is 4.79. The standard InChI is InChI=1S/C20H19F2N5O2/c21-13-7-12(8-14(22)10-13)9-18(28)25-27-19(29)16-4-3-15(23)11-17(16)24-20(27)26-5-1-2-6-26/h3-4,7-8,10-11H,1-2,5-6,9,23H2,(H,25,28). The number of amides is 1. The Morgan fingerprint density at radius 2 is 1.79 bits per heavy atom. The summed E-state index contributed by atoms with van der Waals surface area (Å²) in [5.74, 6) is -1.82. The lowest BCUT2D eigenvalue weighted by atomic mass is 10.1. The van der Waals surface area contributed by atoms with E-state index >= 15 is 0 Å². The van der Waals surface area contributed by atoms with E-state index in [0.29, 0.717) is 35.6 Å². The highest BCUT2D eigenvalue weighted by Gasteiger charge is 2.21. The summed E-state index contributed by atoms with van der Waals surface area (Å²) < 4.78 is 27.9. The Morgan fingerprint density at radius 1 is 1.10 bits per heavy atom. The fourth-order valence-corrected chi connectivity index (χ4v) is 3.48. The first kappa shape index (κ1) is 18.9. The number of fused-ring (bicyclic) bond motifs is 1. The van der Waals surface area contributed by atoms with Gasteiger partial charge in [0.15, 0.2) is 0 Å². The first-order valence-corrected chi connectivity index (χ1v) is 9.23. The second-order valence-electron chi connectivity index (χ2n) is 7.01. The van der Waals surface area contributed by atoms with Crippen LogP contribution in [0.5, 0.6) is 0 Å². The number of rotatable bonds is 4. The molecule has 1 aliphatic heterocycles. The Bertz CT molecular complexity index is 1140. The molecule has 9 heteroatoms. The molecule has 150 valence electrons. The van der Waals surface area contributed by atoms with Crippen LogP contribution in [-0.4, -0.2) is 28.7 Å². The molecule has 0 bridgehead atoms. The average Bonchev–Trinajstić information content (AvgIpc) is 3.17. The molecule has 0 saturated carbocycles. The van der Waals surface area contributed by atoms with Crippen molar-refractivity contribution < 1.29 is 13.6 Å². The van der Waals surface area contributed by atoms with Gasteiger partial charge in [-0.05, 0) is 48.7 Å². The summed E-state index contributed by atoms with van der Waals surface area (Å²) in [7, 11) is 0. The van der Waals surface area contributed by atoms with Crippen molar-refractivity contribution in [1.29, 1.82) is 0 Å². The predicted octanol–water partition coefficient (Wildman–Crippen LogP) is 2.17. The van der Waals surface area contributed by atoms with Gasteiger partial charge in [-0.2, -0.15) is 4.68 Å². The third kappa shape index (κ3) is 3.89. The largest absolute Gasteiger partial charge is 0.399 e. The third-order valence-corrected chi connectivity index (χ3v) is 4.79. The van der Waals surface area contributed by atoms with Crippen molar-refractivity contribution in [2.75, 3.05) is 29.1 Å². The molecule has 1 amide bonds. The van der Waals surface area contributed by atoms with E-state index in [0.717, 1.165) is 35.7 Å². The van der Waals surface area contributed by atoms with Crippen LogP contribution in [0.3, 0.4) is 0 Å². The van der Waals surface area contributed by atoms with Gasteiger partial charge in [-0.1, -0.05) is 0 Å². The minimum Gasteiger partial charge on any atom is -0.399 e. The van der Waals surface area contributed by atoms with Gasteiger partial charge in [0, 0.05) is 24.8 Å². The van der Waals surface area contributed by atoms with Crippen molar-refractivity contribution >= 4 is 28.4 Å². The van der Waals surface area contributed by atoms with Crippen LogP contribution < -0.4 is 21.6 Å². The average molecular weight is 399 g/mol. The van der Waals surface area contributed by atoms with Crippen LogP contribution in [0.4, 0.5) is 20.4 Å². The summed E-state index contributed by atoms with van der Waals surface area (Å²) in [5, 5.41) is 0.305. The lowest BCUT2D eigenvalue weighted by Crippen LogP contribution is -2.39. The van der Waals surface area contributed by atoms with Gasteiger partial charge >= 0.3 is 0 Å². The molecule has 1 aromatic heterocycles. The molecule has 0 spiro atoms. The van der Waals surface area contributed by atoms with Gasteiger partial charge in [0.2, 0.25) is 11.9 Å². The Hall–Kier alpha value is -3.49. The molecule has 1 saturated heterocycles. The maximum Gasteiger partial charge on any atom is 0.281 e. The number of aromatic nitrogens is 2. The summed E-state index contributed by atoms with van der Waals surface area (Å²) in [4.78, 5) is 32.0. The van der Waals surface area contributed by atoms with Gasteiger partial charge in [0.05, 0.1) is 17.3 Å². The fourth-order valence-electron chi connectivity index (χ4n) is 3.48. The number of anilines is 2. The molecule has 0 unspecified atom stereocenters. The van der Waals surface area contributed by atoms with Gasteiger partial charge in [0.25, 0.3) is 5.56 Å². The van der Waals surface area contributed by atoms with Gasteiger partial charge in [-0.15, -0.1) is 0 Å². The molecule has 3 N–H and O–H groups in total. The maximum absolute atomic E-state index is 13.4. The quantitative estimate of drug-likeness (QED) is 0.656. The van der Waals surface area contributed by atoms with Crippen molar-refractivity contribution in [2.45, 2.75) is 19.3 Å². The molecule has 4 rings (SSSR count). The van der Waals surface area contributed by atoms with Crippen LogP contribution in [0.25, 0.3) is 10.9 Å². The van der Waals surface area contributed by atoms with Crippen molar-refractivity contribution in [3.05, 3.63) is 63.9 Å². The van der Waals surface area contributed by atoms with Crippen LogP contribution in [0.1, 0.15) is 18.4 Å². The first-order chi connectivity index (χ1) is 13.9. The van der Waals surface area contributed by atoms with Crippen molar-refractivity contribution in [3.8, 4) is 0 Å². The minimum atomic E-state index is -0.771. The molecule has 0 radical (unpaired) electrons. The number of halogens is 2. The second-order valence-corrected chi connectivity index (χ2v) is 7.01. The van der Waals surface area contributed by atoms with Gasteiger partial charge in [-0.25, -0.2) is 13.8 Å². The molecule has 0 atom stereocenters. The first-order valence-electron chi connectivity index (χ1n) is 9.23. The summed E-state index contributed by atoms with van der Waals surface area (Å²) in [6, 6.07) is 7.64. The zero-order valence-corrected chi connectivity index (χ0v) is 15.5. The van der Waals surface area contributed by atoms with Crippen molar-refractivity contribution in [3.63, 3.8) is 0 Å². The fraction of sp³-hybridized carbons (Fsp3) is 0.250. The highest BCUT2D eigenvalue weighted by molar-refractivity contribution is 5.87. The van der Waals surface area contributed by atoms with Gasteiger partial charge in [0.1, 0.15) is 11.6 Å². The van der Waals surface area contributed by atoms with Crippen molar-refractivity contribution in [1.82, 2.24) is 9.66 Å². The normalized spacial score (nSPS) is 13.8. The van der Waals surface area contributed by atoms with Crippen LogP contribution in [0.15, 0.2) is 41.2 Å². The highest BCUT2D eigenvalue weighted by atomic mass is 19.1. The van der Waals surface area contributed by atoms with Crippen LogP contribution >= 0.6 is 0 Å². The topological polar surface area (TPSA) is 93.2 Å². The molecule has 1 fully saturated rings. The lowest BCUT2D eigenvalue weighted by molar-refractivity contribution is -0.116. The number of nitrogens with one attached hydrogen (secondary N) is 1. The summed E-state index contributed by atoms with van der Waals surface area (Å²) in [6.45, 7) is 1.40. The van der Waals surface area contributed by atoms with E-state index in [1.54, 1.807) is 18.2 Å². The van der Waals surface area contributed by atoms with Crippen LogP contribution in [0, 0.1) is 11.6 Å². The van der Waals surface area contributed by atoms with E-state index in [4.69, 9.17) is 5.73 Å². The molecule has 7 nitrogen and oxygen atoms in total. The molecular weight excluding hydrogens is 380 g/mol. The lowest BCUT2D eigenvalue weighted by Gasteiger charge is -2.22. The van der Waals surface area contributed by atoms with Crippen LogP contribution in [0.2, 0.25) is 0 Å². The van der Waals surface area contributed by atoms with Crippen molar-refractivity contribution in [2.24, 2.45) is 0 Å². The minimum absolute atomic E-state index is 0.164. The molecule has 2 heterocycles. The number of carbonyl (C=O) groups excluding carboxylic acids is 1. The number of nitrogen functional groups attached to an aromatic ring is 1. The van der Waals surface area contributed by atoms with E-state index in [2.05, 4.69) is 10.4 Å². The molecule has 2 aromatic carbocycles. The Kier molecular flexibility index (Phi) is 4.87. The Morgan fingerprint density at radius 3 is 2.48 bits per heavy atom. The molecule has 3 aromatic rings. The van der Waals surface area contributed by atoms with Gasteiger partial charge in [-0.3, -0.25) is 15.0 Å². The zero-order chi connectivity index (χ0) is 20.5. The van der Waals surface area contributed by atoms with Crippen LogP contribution in [-0.2, 0) is 11.2 Å². The van der Waals surface area contributed by atoms with E-state index in [9.17, 15) is 18.4 Å². The Balaban J connectivity index is 1.72. The van der Waals surface area contributed by atoms with Gasteiger partial charge < -0.3 is 10.6 Å². The maximum atomic E-state index is 13.4. The Labute approximate surface area is 164 Å². The zero-order valence-electron chi connectivity index (χ0n) is 15.5. The highest BCUT2D eigenvalue weighted by Crippen LogP contribution is 2.20.